The number of hydrogen-bond donors (Lipinski definition) is 0. The van der Waals surface area contributed by atoms with E-state index in [0.717, 1.165) is 0 Å². The molecule has 0 saturated carbocycles. The van der Waals surface area contributed by atoms with Crippen LogP contribution < -0.4 is 35.2 Å². The molecule has 0 spiro atoms. The van der Waals surface area contributed by atoms with Gasteiger partial charge < -0.3 is 24.8 Å². The van der Waals surface area contributed by atoms with E-state index in [9.17, 15) is 0 Å². The molecule has 4 rings (SSSR count). The van der Waals surface area contributed by atoms with Gasteiger partial charge >= 0.3 is 25.8 Å². The Morgan fingerprint density at radius 2 is 1.03 bits per heavy atom. The zero-order chi connectivity index (χ0) is 21.5. The van der Waals surface area contributed by atoms with E-state index in [1.807, 2.05) is 0 Å². The number of hydrogen-bond acceptors (Lipinski definition) is 0. The van der Waals surface area contributed by atoms with Crippen molar-refractivity contribution in [1.29, 1.82) is 0 Å². The van der Waals surface area contributed by atoms with Crippen molar-refractivity contribution >= 4 is 26.5 Å². The van der Waals surface area contributed by atoms with Crippen molar-refractivity contribution in [1.82, 2.24) is 0 Å². The first-order valence-corrected chi connectivity index (χ1v) is 18.4. The van der Waals surface area contributed by atoms with Gasteiger partial charge in [-0.05, 0) is 0 Å². The van der Waals surface area contributed by atoms with Gasteiger partial charge in [-0.2, -0.15) is 45.8 Å². The van der Waals surface area contributed by atoms with E-state index in [1.165, 1.54) is 51.4 Å². The predicted molar refractivity (Wildman–Crippen MR) is 141 cm³/mol. The molecule has 33 heavy (non-hydrogen) atoms. The Hall–Kier alpha value is 0.584. The van der Waals surface area contributed by atoms with Crippen molar-refractivity contribution in [3.8, 4) is 0 Å². The van der Waals surface area contributed by atoms with Gasteiger partial charge in [0.2, 0.25) is 0 Å². The molecule has 184 valence electrons. The molecule has 0 aliphatic carbocycles. The van der Waals surface area contributed by atoms with Gasteiger partial charge in [0.05, 0.1) is 0 Å². The summed E-state index contributed by atoms with van der Waals surface area (Å²) in [6, 6.07) is 24.0. The topological polar surface area (TPSA) is 0 Å². The van der Waals surface area contributed by atoms with E-state index in [0.29, 0.717) is 0 Å². The van der Waals surface area contributed by atoms with Gasteiger partial charge in [0, 0.05) is 16.1 Å². The van der Waals surface area contributed by atoms with E-state index in [4.69, 9.17) is 0 Å². The van der Waals surface area contributed by atoms with Gasteiger partial charge in [0.1, 0.15) is 0 Å². The van der Waals surface area contributed by atoms with Crippen LogP contribution in [0.2, 0.25) is 36.3 Å². The van der Waals surface area contributed by atoms with E-state index in [-0.39, 0.29) is 50.7 Å². The van der Waals surface area contributed by atoms with Crippen molar-refractivity contribution in [3.05, 3.63) is 47.5 Å². The molecule has 2 heterocycles. The Bertz CT molecular complexity index is 695. The van der Waals surface area contributed by atoms with Crippen molar-refractivity contribution < 1.29 is 50.7 Å². The molecule has 2 aliphatic rings. The fourth-order valence-corrected chi connectivity index (χ4v) is 14.8. The Morgan fingerprint density at radius 1 is 0.667 bits per heavy atom. The second kappa shape index (κ2) is 16.4. The molecule has 0 unspecified atom stereocenters. The van der Waals surface area contributed by atoms with Crippen LogP contribution in [-0.2, 0) is 38.7 Å². The molecule has 5 heteroatoms. The second-order valence-electron chi connectivity index (χ2n) is 10.2. The third kappa shape index (κ3) is 8.30. The number of unbranched alkanes of at least 4 members (excludes halogenated alkanes) is 2. The quantitative estimate of drug-likeness (QED) is 0.264. The monoisotopic (exact) mass is 688 g/mol. The van der Waals surface area contributed by atoms with Crippen LogP contribution in [0.1, 0.15) is 77.3 Å². The molecule has 2 aromatic rings. The Labute approximate surface area is 238 Å². The molecule has 2 saturated heterocycles. The Kier molecular flexibility index (Phi) is 16.6. The smallest absolute Gasteiger partial charge is 1.00 e. The van der Waals surface area contributed by atoms with Crippen LogP contribution in [-0.4, -0.2) is 16.1 Å². The molecular formula is C28H46Cl2HfSi2. The number of aryl methyl sites for hydroxylation is 2. The molecule has 0 aromatic heterocycles. The molecule has 2 fully saturated rings. The molecule has 0 nitrogen and oxygen atoms in total. The summed E-state index contributed by atoms with van der Waals surface area (Å²) in [4.78, 5) is 0. The van der Waals surface area contributed by atoms with Gasteiger partial charge in [0.25, 0.3) is 0 Å². The first-order valence-electron chi connectivity index (χ1n) is 13.1. The van der Waals surface area contributed by atoms with Crippen molar-refractivity contribution in [2.24, 2.45) is 0 Å². The number of halogens is 2. The first kappa shape index (κ1) is 33.6. The van der Waals surface area contributed by atoms with E-state index in [1.54, 1.807) is 57.8 Å². The van der Waals surface area contributed by atoms with Crippen LogP contribution in [0, 0.1) is 0 Å². The largest absolute Gasteiger partial charge is 4.00 e. The fourth-order valence-electron chi connectivity index (χ4n) is 5.69. The summed E-state index contributed by atoms with van der Waals surface area (Å²) in [6.45, 7) is 9.17. The summed E-state index contributed by atoms with van der Waals surface area (Å²) >= 11 is 0. The van der Waals surface area contributed by atoms with Crippen molar-refractivity contribution in [3.63, 3.8) is 0 Å². The second-order valence-corrected chi connectivity index (χ2v) is 19.5. The summed E-state index contributed by atoms with van der Waals surface area (Å²) in [6.07, 6.45) is 11.1. The standard InChI is InChI=1S/2C14H23Si.2ClH.Hf/c2*1-3-5-9-15(10-6-11-15)14-8-7-13(4-2)12-14;;;/h2*7-8,12H,3-6,9-11H2,1-2H3;2*1H;/q2*-1;;;+4/p-2. The minimum Gasteiger partial charge on any atom is -1.00 e. The van der Waals surface area contributed by atoms with Crippen LogP contribution in [0.4, 0.5) is 0 Å². The Morgan fingerprint density at radius 3 is 1.24 bits per heavy atom. The molecule has 0 atom stereocenters. The average Bonchev–Trinajstić information content (AvgIpc) is 3.37. The Balaban J connectivity index is 0.000000569. The maximum atomic E-state index is 2.51. The third-order valence-corrected chi connectivity index (χ3v) is 19.3. The predicted octanol–water partition coefficient (Wildman–Crippen LogP) is 1.66. The normalized spacial score (nSPS) is 17.1. The zero-order valence-corrected chi connectivity index (χ0v) is 28.7. The summed E-state index contributed by atoms with van der Waals surface area (Å²) in [5, 5.41) is 3.55. The van der Waals surface area contributed by atoms with E-state index < -0.39 is 16.1 Å². The molecule has 2 aromatic carbocycles. The van der Waals surface area contributed by atoms with Crippen molar-refractivity contribution in [2.75, 3.05) is 0 Å². The molecule has 2 aliphatic heterocycles. The van der Waals surface area contributed by atoms with E-state index in [2.05, 4.69) is 64.1 Å². The van der Waals surface area contributed by atoms with Crippen LogP contribution in [0.15, 0.2) is 36.4 Å². The summed E-state index contributed by atoms with van der Waals surface area (Å²) in [5.74, 6) is 0. The van der Waals surface area contributed by atoms with Crippen LogP contribution in [0.3, 0.4) is 0 Å². The van der Waals surface area contributed by atoms with Gasteiger partial charge in [0.15, 0.2) is 0 Å². The molecule has 0 amide bonds. The zero-order valence-electron chi connectivity index (χ0n) is 21.6. The maximum absolute atomic E-state index is 2.51. The first-order chi connectivity index (χ1) is 14.6. The fraction of sp³-hybridized carbons (Fsp3) is 0.643. The van der Waals surface area contributed by atoms with Crippen LogP contribution >= 0.6 is 0 Å². The van der Waals surface area contributed by atoms with Gasteiger partial charge in [-0.1, -0.05) is 115 Å². The third-order valence-electron chi connectivity index (χ3n) is 8.32. The molecule has 0 bridgehead atoms. The summed E-state index contributed by atoms with van der Waals surface area (Å²) in [5.41, 5.74) is 3.11. The summed E-state index contributed by atoms with van der Waals surface area (Å²) in [7, 11) is -1.87. The van der Waals surface area contributed by atoms with Crippen molar-refractivity contribution in [2.45, 2.75) is 115 Å². The molecular weight excluding hydrogens is 642 g/mol. The SMILES string of the molecule is CCCC[Si]1([c-]2ccc(CC)c2)CCC1.CCCC[Si]1([c-]2ccc(CC)c2)CCC1.[Cl-].[Cl-].[Hf+4]. The molecule has 0 radical (unpaired) electrons. The van der Waals surface area contributed by atoms with E-state index >= 15 is 0 Å². The average molecular weight is 688 g/mol. The van der Waals surface area contributed by atoms with Gasteiger partial charge in [-0.25, -0.2) is 12.1 Å². The maximum Gasteiger partial charge on any atom is 4.00 e. The molecule has 0 N–H and O–H groups in total. The van der Waals surface area contributed by atoms with Crippen LogP contribution in [0.5, 0.6) is 0 Å². The minimum absolute atomic E-state index is 0. The summed E-state index contributed by atoms with van der Waals surface area (Å²) < 4.78 is 0. The van der Waals surface area contributed by atoms with Crippen LogP contribution in [0.25, 0.3) is 0 Å². The van der Waals surface area contributed by atoms with Gasteiger partial charge in [-0.15, -0.1) is 0 Å². The minimum atomic E-state index is -0.935. The van der Waals surface area contributed by atoms with Gasteiger partial charge in [-0.3, -0.25) is 0 Å². The number of rotatable bonds is 10.